The number of carbonyl (C=O) groups excluding carboxylic acids is 8. The molecule has 0 aromatic carbocycles. The number of esters is 4. The summed E-state index contributed by atoms with van der Waals surface area (Å²) in [6.45, 7) is 29.4. The van der Waals surface area contributed by atoms with Crippen LogP contribution in [0, 0.1) is 47.3 Å². The van der Waals surface area contributed by atoms with Crippen molar-refractivity contribution < 1.29 is 57.3 Å². The number of hydrogen-bond donors (Lipinski definition) is 0. The van der Waals surface area contributed by atoms with Gasteiger partial charge in [0.2, 0.25) is 0 Å². The van der Waals surface area contributed by atoms with E-state index in [9.17, 15) is 38.4 Å². The van der Waals surface area contributed by atoms with Crippen LogP contribution in [0.15, 0.2) is 0 Å². The van der Waals surface area contributed by atoms with Gasteiger partial charge in [0.25, 0.3) is 23.6 Å². The van der Waals surface area contributed by atoms with Crippen LogP contribution in [0.4, 0.5) is 0 Å². The van der Waals surface area contributed by atoms with Gasteiger partial charge in [0.1, 0.15) is 24.2 Å². The fourth-order valence-electron chi connectivity index (χ4n) is 7.96. The Morgan fingerprint density at radius 1 is 0.309 bits per heavy atom. The zero-order valence-electron chi connectivity index (χ0n) is 45.6. The number of amides is 4. The van der Waals surface area contributed by atoms with Crippen molar-refractivity contribution in [3.05, 3.63) is 0 Å². The second-order valence-electron chi connectivity index (χ2n) is 22.2. The fourth-order valence-corrected chi connectivity index (χ4v) is 7.96. The molecule has 0 spiro atoms. The SMILES string of the molecule is CC(C)CCC1C(=O)OC(C(C)C)C(=O)N(C)C(CCC(C)C)C(=O)OC(C(C)C)C(=O)N(C)C(CCC(C)C)C(=O)OC(C(C)C)C(=O)N(C)C(CCC(C)C)C(=O)OC(C(C)C)C(=O)N1C. The molecule has 0 aromatic rings. The maximum absolute atomic E-state index is 14.6. The van der Waals surface area contributed by atoms with Gasteiger partial charge in [-0.1, -0.05) is 111 Å². The molecular weight excluding hydrogens is 873 g/mol. The minimum Gasteiger partial charge on any atom is -0.450 e. The van der Waals surface area contributed by atoms with E-state index in [1.165, 1.54) is 47.8 Å². The van der Waals surface area contributed by atoms with Crippen molar-refractivity contribution in [1.82, 2.24) is 19.6 Å². The van der Waals surface area contributed by atoms with Gasteiger partial charge in [-0.2, -0.15) is 0 Å². The summed E-state index contributed by atoms with van der Waals surface area (Å²) in [5.74, 6) is -7.94. The number of ether oxygens (including phenoxy) is 4. The first-order valence-electron chi connectivity index (χ1n) is 25.3. The van der Waals surface area contributed by atoms with Gasteiger partial charge in [0.05, 0.1) is 0 Å². The minimum atomic E-state index is -1.39. The van der Waals surface area contributed by atoms with Crippen LogP contribution in [0.25, 0.3) is 0 Å². The summed E-state index contributed by atoms with van der Waals surface area (Å²) >= 11 is 0. The molecule has 16 nitrogen and oxygen atoms in total. The van der Waals surface area contributed by atoms with Crippen LogP contribution in [-0.2, 0) is 57.3 Å². The lowest BCUT2D eigenvalue weighted by atomic mass is 9.98. The van der Waals surface area contributed by atoms with Crippen molar-refractivity contribution in [1.29, 1.82) is 0 Å². The topological polar surface area (TPSA) is 186 Å². The first-order valence-corrected chi connectivity index (χ1v) is 25.3. The second kappa shape index (κ2) is 28.4. The van der Waals surface area contributed by atoms with Gasteiger partial charge in [-0.15, -0.1) is 0 Å². The van der Waals surface area contributed by atoms with Crippen LogP contribution in [-0.4, -0.2) is 144 Å². The van der Waals surface area contributed by atoms with E-state index in [1.54, 1.807) is 55.4 Å². The first kappa shape index (κ1) is 61.8. The van der Waals surface area contributed by atoms with Crippen LogP contribution in [0.2, 0.25) is 0 Å². The van der Waals surface area contributed by atoms with Crippen LogP contribution in [0.1, 0.15) is 162 Å². The van der Waals surface area contributed by atoms with Crippen LogP contribution in [0.5, 0.6) is 0 Å². The Morgan fingerprint density at radius 3 is 0.574 bits per heavy atom. The lowest BCUT2D eigenvalue weighted by molar-refractivity contribution is -0.180. The molecule has 1 aliphatic rings. The summed E-state index contributed by atoms with van der Waals surface area (Å²) in [7, 11) is 5.74. The normalized spacial score (nSPS) is 25.7. The number of nitrogens with zero attached hydrogens (tertiary/aromatic N) is 4. The van der Waals surface area contributed by atoms with Gasteiger partial charge in [-0.3, -0.25) is 19.2 Å². The number of cyclic esters (lactones) is 4. The summed E-state index contributed by atoms with van der Waals surface area (Å²) in [6, 6.07) is -4.78. The smallest absolute Gasteiger partial charge is 0.329 e. The van der Waals surface area contributed by atoms with Gasteiger partial charge >= 0.3 is 23.9 Å². The minimum absolute atomic E-state index is 0.116. The largest absolute Gasteiger partial charge is 0.450 e. The molecule has 1 rings (SSSR count). The van der Waals surface area contributed by atoms with E-state index in [0.717, 1.165) is 0 Å². The highest BCUT2D eigenvalue weighted by Gasteiger charge is 2.45. The van der Waals surface area contributed by atoms with Crippen molar-refractivity contribution in [2.45, 2.75) is 211 Å². The van der Waals surface area contributed by atoms with E-state index in [2.05, 4.69) is 0 Å². The zero-order chi connectivity index (χ0) is 52.7. The third kappa shape index (κ3) is 18.3. The molecule has 8 unspecified atom stereocenters. The molecule has 0 aliphatic carbocycles. The molecule has 0 saturated carbocycles. The predicted octanol–water partition coefficient (Wildman–Crippen LogP) is 7.32. The number of rotatable bonds is 16. The van der Waals surface area contributed by atoms with Crippen molar-refractivity contribution >= 4 is 47.5 Å². The number of hydrogen-bond acceptors (Lipinski definition) is 12. The van der Waals surface area contributed by atoms with Crippen LogP contribution in [0.3, 0.4) is 0 Å². The lowest BCUT2D eigenvalue weighted by Crippen LogP contribution is -2.56. The number of likely N-dealkylation sites (N-methyl/N-ethyl adjacent to an activating group) is 4. The molecule has 392 valence electrons. The van der Waals surface area contributed by atoms with Crippen LogP contribution >= 0.6 is 0 Å². The van der Waals surface area contributed by atoms with E-state index >= 15 is 0 Å². The molecule has 1 aliphatic heterocycles. The monoisotopic (exact) mass is 965 g/mol. The highest BCUT2D eigenvalue weighted by atomic mass is 16.6. The Morgan fingerprint density at radius 2 is 0.456 bits per heavy atom. The summed E-state index contributed by atoms with van der Waals surface area (Å²) in [5, 5.41) is 0. The molecule has 1 heterocycles. The Hall–Kier alpha value is -4.24. The summed E-state index contributed by atoms with van der Waals surface area (Å²) in [4.78, 5) is 121. The summed E-state index contributed by atoms with van der Waals surface area (Å²) in [6.07, 6.45) is -2.89. The zero-order valence-corrected chi connectivity index (χ0v) is 45.6. The molecule has 16 heteroatoms. The molecular formula is C52H92N4O12. The first-order chi connectivity index (χ1) is 31.4. The van der Waals surface area contributed by atoms with E-state index in [-0.39, 0.29) is 49.4 Å². The average molecular weight is 965 g/mol. The van der Waals surface area contributed by atoms with E-state index in [1.807, 2.05) is 55.4 Å². The van der Waals surface area contributed by atoms with E-state index in [0.29, 0.717) is 25.7 Å². The van der Waals surface area contributed by atoms with Gasteiger partial charge in [-0.05, 0) is 98.7 Å². The average Bonchev–Trinajstić information content (AvgIpc) is 3.23. The highest BCUT2D eigenvalue weighted by molar-refractivity contribution is 5.94. The third-order valence-corrected chi connectivity index (χ3v) is 12.8. The van der Waals surface area contributed by atoms with Crippen molar-refractivity contribution in [3.63, 3.8) is 0 Å². The number of carbonyl (C=O) groups is 8. The summed E-state index contributed by atoms with van der Waals surface area (Å²) in [5.41, 5.74) is 0. The van der Waals surface area contributed by atoms with Gasteiger partial charge in [0, 0.05) is 28.2 Å². The van der Waals surface area contributed by atoms with Gasteiger partial charge in [0.15, 0.2) is 24.4 Å². The molecule has 0 radical (unpaired) electrons. The lowest BCUT2D eigenvalue weighted by Gasteiger charge is -2.37. The molecule has 1 saturated heterocycles. The third-order valence-electron chi connectivity index (χ3n) is 12.8. The Balaban J connectivity index is 4.27. The fraction of sp³-hybridized carbons (Fsp3) is 0.846. The Kier molecular flexibility index (Phi) is 25.8. The molecule has 0 N–H and O–H groups in total. The maximum Gasteiger partial charge on any atom is 0.329 e. The molecule has 0 aromatic heterocycles. The Labute approximate surface area is 409 Å². The molecule has 0 bridgehead atoms. The van der Waals surface area contributed by atoms with Crippen molar-refractivity contribution in [3.8, 4) is 0 Å². The van der Waals surface area contributed by atoms with Gasteiger partial charge < -0.3 is 38.5 Å². The standard InChI is InChI=1S/C52H92N4O12/c1-29(2)21-25-37-49(61)65-42(34(11)12)46(58)54(18)39(27-23-31(5)6)51(63)67-44(36(15)16)48(60)56(20)40(28-24-32(7)8)52(64)68-43(35(13)14)47(59)55(19)38(26-22-30(3)4)50(62)66-41(33(9)10)45(57)53(37)17/h29-44H,21-28H2,1-20H3. The maximum atomic E-state index is 14.6. The molecule has 8 atom stereocenters. The summed E-state index contributed by atoms with van der Waals surface area (Å²) < 4.78 is 24.3. The Bertz CT molecular complexity index is 1440. The molecule has 4 amide bonds. The van der Waals surface area contributed by atoms with E-state index < -0.39 is 120 Å². The van der Waals surface area contributed by atoms with Crippen molar-refractivity contribution in [2.24, 2.45) is 47.3 Å². The van der Waals surface area contributed by atoms with Gasteiger partial charge in [-0.25, -0.2) is 19.2 Å². The molecule has 68 heavy (non-hydrogen) atoms. The quantitative estimate of drug-likeness (QED) is 0.111. The van der Waals surface area contributed by atoms with E-state index in [4.69, 9.17) is 18.9 Å². The van der Waals surface area contributed by atoms with Crippen LogP contribution < -0.4 is 0 Å². The van der Waals surface area contributed by atoms with Crippen molar-refractivity contribution in [2.75, 3.05) is 28.2 Å². The second-order valence-corrected chi connectivity index (χ2v) is 22.2. The highest BCUT2D eigenvalue weighted by Crippen LogP contribution is 2.26. The predicted molar refractivity (Wildman–Crippen MR) is 261 cm³/mol. The molecule has 1 fully saturated rings.